The van der Waals surface area contributed by atoms with Crippen molar-refractivity contribution in [2.75, 3.05) is 13.1 Å². The van der Waals surface area contributed by atoms with Crippen molar-refractivity contribution in [2.45, 2.75) is 47.5 Å². The molecule has 1 unspecified atom stereocenters. The van der Waals surface area contributed by atoms with Crippen LogP contribution in [-0.2, 0) is 0 Å². The van der Waals surface area contributed by atoms with Gasteiger partial charge in [-0.3, -0.25) is 0 Å². The van der Waals surface area contributed by atoms with E-state index < -0.39 is 0 Å². The molecular weight excluding hydrogens is 170 g/mol. The van der Waals surface area contributed by atoms with Crippen LogP contribution in [0, 0.1) is 11.8 Å². The molecule has 0 aliphatic rings. The molecule has 0 saturated carbocycles. The smallest absolute Gasteiger partial charge is 0.0164 e. The Labute approximate surface area is 90.0 Å². The first-order valence-corrected chi connectivity index (χ1v) is 6.00. The highest BCUT2D eigenvalue weighted by molar-refractivity contribution is 5.05. The van der Waals surface area contributed by atoms with E-state index in [1.807, 2.05) is 0 Å². The van der Waals surface area contributed by atoms with Crippen molar-refractivity contribution in [3.8, 4) is 0 Å². The van der Waals surface area contributed by atoms with E-state index in [1.54, 1.807) is 5.57 Å². The standard InChI is InChI=1S/C13H27N/c1-6-12(5)8-13(7-2)10-14-9-11(3)4/h8,11-12,14H,6-7,9-10H2,1-5H3. The highest BCUT2D eigenvalue weighted by Crippen LogP contribution is 2.09. The highest BCUT2D eigenvalue weighted by atomic mass is 14.9. The number of rotatable bonds is 7. The summed E-state index contributed by atoms with van der Waals surface area (Å²) in [6, 6.07) is 0. The molecular formula is C13H27N. The van der Waals surface area contributed by atoms with Crippen LogP contribution in [0.15, 0.2) is 11.6 Å². The quantitative estimate of drug-likeness (QED) is 0.615. The molecule has 1 nitrogen and oxygen atoms in total. The number of nitrogens with one attached hydrogen (secondary N) is 1. The van der Waals surface area contributed by atoms with Gasteiger partial charge in [-0.25, -0.2) is 0 Å². The van der Waals surface area contributed by atoms with Crippen LogP contribution in [-0.4, -0.2) is 13.1 Å². The predicted molar refractivity (Wildman–Crippen MR) is 65.5 cm³/mol. The van der Waals surface area contributed by atoms with Crippen LogP contribution in [0.25, 0.3) is 0 Å². The largest absolute Gasteiger partial charge is 0.313 e. The molecule has 0 aliphatic carbocycles. The van der Waals surface area contributed by atoms with Crippen molar-refractivity contribution < 1.29 is 0 Å². The van der Waals surface area contributed by atoms with Gasteiger partial charge < -0.3 is 5.32 Å². The Balaban J connectivity index is 3.84. The molecule has 84 valence electrons. The topological polar surface area (TPSA) is 12.0 Å². The van der Waals surface area contributed by atoms with Crippen LogP contribution in [0.5, 0.6) is 0 Å². The Morgan fingerprint density at radius 3 is 2.29 bits per heavy atom. The molecule has 0 amide bonds. The van der Waals surface area contributed by atoms with Gasteiger partial charge in [-0.15, -0.1) is 0 Å². The van der Waals surface area contributed by atoms with Gasteiger partial charge >= 0.3 is 0 Å². The van der Waals surface area contributed by atoms with Gasteiger partial charge in [-0.2, -0.15) is 0 Å². The van der Waals surface area contributed by atoms with Gasteiger partial charge in [-0.1, -0.05) is 52.7 Å². The summed E-state index contributed by atoms with van der Waals surface area (Å²) in [5.41, 5.74) is 1.56. The summed E-state index contributed by atoms with van der Waals surface area (Å²) in [6.07, 6.45) is 4.84. The third-order valence-corrected chi connectivity index (χ3v) is 2.52. The number of hydrogen-bond donors (Lipinski definition) is 1. The lowest BCUT2D eigenvalue weighted by atomic mass is 10.0. The van der Waals surface area contributed by atoms with Gasteiger partial charge in [0.05, 0.1) is 0 Å². The van der Waals surface area contributed by atoms with Gasteiger partial charge in [0.15, 0.2) is 0 Å². The van der Waals surface area contributed by atoms with Crippen LogP contribution >= 0.6 is 0 Å². The predicted octanol–water partition coefficient (Wildman–Crippen LogP) is 3.61. The summed E-state index contributed by atoms with van der Waals surface area (Å²) in [5.74, 6) is 1.47. The monoisotopic (exact) mass is 197 g/mol. The van der Waals surface area contributed by atoms with E-state index in [2.05, 4.69) is 46.0 Å². The zero-order valence-electron chi connectivity index (χ0n) is 10.6. The summed E-state index contributed by atoms with van der Waals surface area (Å²) in [6.45, 7) is 13.5. The van der Waals surface area contributed by atoms with Gasteiger partial charge in [-0.05, 0) is 24.8 Å². The first-order valence-electron chi connectivity index (χ1n) is 6.00. The fourth-order valence-electron chi connectivity index (χ4n) is 1.34. The molecule has 0 rings (SSSR count). The van der Waals surface area contributed by atoms with Crippen molar-refractivity contribution in [1.29, 1.82) is 0 Å². The van der Waals surface area contributed by atoms with Crippen LogP contribution in [0.2, 0.25) is 0 Å². The molecule has 0 bridgehead atoms. The maximum Gasteiger partial charge on any atom is 0.0164 e. The Bertz CT molecular complexity index is 159. The molecule has 0 aromatic rings. The lowest BCUT2D eigenvalue weighted by Crippen LogP contribution is -2.22. The molecule has 0 aliphatic heterocycles. The van der Waals surface area contributed by atoms with Crippen molar-refractivity contribution in [3.63, 3.8) is 0 Å². The summed E-state index contributed by atoms with van der Waals surface area (Å²) in [5, 5.41) is 3.50. The van der Waals surface area contributed by atoms with Crippen LogP contribution in [0.3, 0.4) is 0 Å². The van der Waals surface area contributed by atoms with Gasteiger partial charge in [0.2, 0.25) is 0 Å². The molecule has 0 heterocycles. The second kappa shape index (κ2) is 8.05. The van der Waals surface area contributed by atoms with Crippen molar-refractivity contribution in [1.82, 2.24) is 5.32 Å². The van der Waals surface area contributed by atoms with Crippen LogP contribution in [0.1, 0.15) is 47.5 Å². The zero-order chi connectivity index (χ0) is 11.0. The molecule has 0 aromatic carbocycles. The first-order chi connectivity index (χ1) is 6.60. The van der Waals surface area contributed by atoms with E-state index in [0.717, 1.165) is 24.9 Å². The Morgan fingerprint density at radius 1 is 1.21 bits per heavy atom. The van der Waals surface area contributed by atoms with Crippen LogP contribution in [0.4, 0.5) is 0 Å². The van der Waals surface area contributed by atoms with E-state index in [-0.39, 0.29) is 0 Å². The molecule has 1 N–H and O–H groups in total. The summed E-state index contributed by atoms with van der Waals surface area (Å²) in [4.78, 5) is 0. The summed E-state index contributed by atoms with van der Waals surface area (Å²) < 4.78 is 0. The van der Waals surface area contributed by atoms with Gasteiger partial charge in [0, 0.05) is 6.54 Å². The van der Waals surface area contributed by atoms with Crippen LogP contribution < -0.4 is 5.32 Å². The zero-order valence-corrected chi connectivity index (χ0v) is 10.6. The summed E-state index contributed by atoms with van der Waals surface area (Å²) >= 11 is 0. The molecule has 0 fully saturated rings. The van der Waals surface area contributed by atoms with E-state index in [4.69, 9.17) is 0 Å². The third kappa shape index (κ3) is 7.14. The highest BCUT2D eigenvalue weighted by Gasteiger charge is 1.99. The summed E-state index contributed by atoms with van der Waals surface area (Å²) in [7, 11) is 0. The second-order valence-electron chi connectivity index (χ2n) is 4.59. The maximum absolute atomic E-state index is 3.50. The van der Waals surface area contributed by atoms with E-state index in [0.29, 0.717) is 0 Å². The fraction of sp³-hybridized carbons (Fsp3) is 0.846. The third-order valence-electron chi connectivity index (χ3n) is 2.52. The average Bonchev–Trinajstić information content (AvgIpc) is 2.15. The SMILES string of the molecule is CCC(=CC(C)CC)CNCC(C)C. The fourth-order valence-corrected chi connectivity index (χ4v) is 1.34. The van der Waals surface area contributed by atoms with Gasteiger partial charge in [0.25, 0.3) is 0 Å². The van der Waals surface area contributed by atoms with E-state index in [9.17, 15) is 0 Å². The molecule has 0 aromatic heterocycles. The number of hydrogen-bond acceptors (Lipinski definition) is 1. The minimum absolute atomic E-state index is 0.728. The molecule has 1 heteroatoms. The maximum atomic E-state index is 3.50. The van der Waals surface area contributed by atoms with Crippen molar-refractivity contribution >= 4 is 0 Å². The van der Waals surface area contributed by atoms with E-state index in [1.165, 1.54) is 12.8 Å². The van der Waals surface area contributed by atoms with Gasteiger partial charge in [0.1, 0.15) is 0 Å². The molecule has 0 radical (unpaired) electrons. The first kappa shape index (κ1) is 13.7. The normalized spacial score (nSPS) is 14.9. The molecule has 14 heavy (non-hydrogen) atoms. The van der Waals surface area contributed by atoms with E-state index >= 15 is 0 Å². The second-order valence-corrected chi connectivity index (χ2v) is 4.59. The minimum Gasteiger partial charge on any atom is -0.313 e. The van der Waals surface area contributed by atoms with Crippen molar-refractivity contribution in [3.05, 3.63) is 11.6 Å². The Morgan fingerprint density at radius 2 is 1.86 bits per heavy atom. The van der Waals surface area contributed by atoms with Crippen molar-refractivity contribution in [2.24, 2.45) is 11.8 Å². The molecule has 0 saturated heterocycles. The number of allylic oxidation sites excluding steroid dienone is 1. The Hall–Kier alpha value is -0.300. The molecule has 0 spiro atoms. The Kier molecular flexibility index (Phi) is 7.87. The average molecular weight is 197 g/mol. The lowest BCUT2D eigenvalue weighted by Gasteiger charge is -2.11. The molecule has 1 atom stereocenters. The minimum atomic E-state index is 0.728. The lowest BCUT2D eigenvalue weighted by molar-refractivity contribution is 0.565.